The van der Waals surface area contributed by atoms with Crippen molar-refractivity contribution in [3.05, 3.63) is 59.9 Å². The third kappa shape index (κ3) is 3.20. The van der Waals surface area contributed by atoms with Crippen molar-refractivity contribution >= 4 is 5.97 Å². The number of hydrogen-bond donors (Lipinski definition) is 0. The van der Waals surface area contributed by atoms with Gasteiger partial charge in [0.25, 0.3) is 11.8 Å². The molecule has 0 radical (unpaired) electrons. The monoisotopic (exact) mass is 302 g/mol. The molecule has 112 valence electrons. The fourth-order valence-electron chi connectivity index (χ4n) is 1.80. The number of ether oxygens (including phenoxy) is 1. The number of nitrogens with zero attached hydrogens (tertiary/aromatic N) is 2. The molecule has 0 spiro atoms. The molecule has 0 fully saturated rings. The molecular formula is C15H11FN2O4. The Balaban J connectivity index is 1.56. The Labute approximate surface area is 124 Å². The summed E-state index contributed by atoms with van der Waals surface area (Å²) in [6.07, 6.45) is 1.32. The van der Waals surface area contributed by atoms with Gasteiger partial charge < -0.3 is 13.6 Å². The number of furan rings is 1. The Bertz CT molecular complexity index is 767. The molecule has 0 aliphatic carbocycles. The molecule has 0 bridgehead atoms. The molecule has 0 amide bonds. The molecule has 0 unspecified atom stereocenters. The molecule has 2 aromatic heterocycles. The van der Waals surface area contributed by atoms with E-state index < -0.39 is 11.8 Å². The number of esters is 1. The highest BCUT2D eigenvalue weighted by molar-refractivity contribution is 5.72. The zero-order valence-corrected chi connectivity index (χ0v) is 11.4. The first kappa shape index (κ1) is 14.0. The van der Waals surface area contributed by atoms with E-state index in [9.17, 15) is 9.18 Å². The fourth-order valence-corrected chi connectivity index (χ4v) is 1.80. The average molecular weight is 302 g/mol. The highest BCUT2D eigenvalue weighted by atomic mass is 19.1. The number of halogens is 1. The first-order valence-electron chi connectivity index (χ1n) is 6.47. The van der Waals surface area contributed by atoms with E-state index in [2.05, 4.69) is 10.2 Å². The fraction of sp³-hybridized carbons (Fsp3) is 0.133. The van der Waals surface area contributed by atoms with Gasteiger partial charge in [-0.15, -0.1) is 10.2 Å². The van der Waals surface area contributed by atoms with Crippen LogP contribution in [0.15, 0.2) is 51.5 Å². The van der Waals surface area contributed by atoms with Crippen LogP contribution in [0.2, 0.25) is 0 Å². The van der Waals surface area contributed by atoms with Crippen LogP contribution < -0.4 is 0 Å². The van der Waals surface area contributed by atoms with E-state index in [1.54, 1.807) is 24.3 Å². The Kier molecular flexibility index (Phi) is 3.95. The third-order valence-corrected chi connectivity index (χ3v) is 2.85. The second kappa shape index (κ2) is 6.21. The maximum Gasteiger partial charge on any atom is 0.310 e. The van der Waals surface area contributed by atoms with Gasteiger partial charge in [-0.05, 0) is 23.8 Å². The highest BCUT2D eigenvalue weighted by Gasteiger charge is 2.13. The third-order valence-electron chi connectivity index (χ3n) is 2.85. The smallest absolute Gasteiger partial charge is 0.310 e. The van der Waals surface area contributed by atoms with Gasteiger partial charge in [-0.1, -0.05) is 18.2 Å². The zero-order valence-electron chi connectivity index (χ0n) is 11.4. The predicted octanol–water partition coefficient (Wildman–Crippen LogP) is 2.75. The lowest BCUT2D eigenvalue weighted by Crippen LogP contribution is -2.09. The maximum absolute atomic E-state index is 13.4. The van der Waals surface area contributed by atoms with Gasteiger partial charge in [0.2, 0.25) is 0 Å². The van der Waals surface area contributed by atoms with Gasteiger partial charge in [0.05, 0.1) is 12.7 Å². The van der Waals surface area contributed by atoms with Crippen molar-refractivity contribution in [1.29, 1.82) is 0 Å². The Hall–Kier alpha value is -2.96. The lowest BCUT2D eigenvalue weighted by atomic mass is 10.1. The quantitative estimate of drug-likeness (QED) is 0.674. The molecular weight excluding hydrogens is 291 g/mol. The second-order valence-electron chi connectivity index (χ2n) is 4.41. The summed E-state index contributed by atoms with van der Waals surface area (Å²) in [5.41, 5.74) is 0.273. The van der Waals surface area contributed by atoms with E-state index in [-0.39, 0.29) is 30.4 Å². The largest absolute Gasteiger partial charge is 0.459 e. The van der Waals surface area contributed by atoms with Gasteiger partial charge in [-0.2, -0.15) is 0 Å². The lowest BCUT2D eigenvalue weighted by molar-refractivity contribution is -0.144. The van der Waals surface area contributed by atoms with Crippen molar-refractivity contribution in [3.8, 4) is 11.7 Å². The van der Waals surface area contributed by atoms with Crippen LogP contribution >= 0.6 is 0 Å². The van der Waals surface area contributed by atoms with Crippen LogP contribution in [0.3, 0.4) is 0 Å². The van der Waals surface area contributed by atoms with Crippen LogP contribution in [-0.2, 0) is 22.6 Å². The Morgan fingerprint density at radius 2 is 2.05 bits per heavy atom. The Morgan fingerprint density at radius 3 is 2.82 bits per heavy atom. The topological polar surface area (TPSA) is 78.4 Å². The highest BCUT2D eigenvalue weighted by Crippen LogP contribution is 2.18. The number of benzene rings is 1. The van der Waals surface area contributed by atoms with E-state index in [1.165, 1.54) is 18.4 Å². The van der Waals surface area contributed by atoms with E-state index in [4.69, 9.17) is 13.6 Å². The van der Waals surface area contributed by atoms with E-state index >= 15 is 0 Å². The van der Waals surface area contributed by atoms with Crippen molar-refractivity contribution in [2.75, 3.05) is 0 Å². The van der Waals surface area contributed by atoms with Gasteiger partial charge in [-0.25, -0.2) is 4.39 Å². The summed E-state index contributed by atoms with van der Waals surface area (Å²) in [7, 11) is 0. The predicted molar refractivity (Wildman–Crippen MR) is 71.9 cm³/mol. The molecule has 0 aliphatic rings. The van der Waals surface area contributed by atoms with Gasteiger partial charge >= 0.3 is 5.97 Å². The van der Waals surface area contributed by atoms with Gasteiger partial charge in [0.15, 0.2) is 12.4 Å². The summed E-state index contributed by atoms with van der Waals surface area (Å²) in [5.74, 6) is -0.268. The van der Waals surface area contributed by atoms with Crippen molar-refractivity contribution < 1.29 is 22.8 Å². The molecule has 0 atom stereocenters. The molecule has 0 saturated carbocycles. The molecule has 1 aromatic carbocycles. The minimum atomic E-state index is -0.581. The molecule has 0 aliphatic heterocycles. The first-order chi connectivity index (χ1) is 10.7. The number of aromatic nitrogens is 2. The second-order valence-corrected chi connectivity index (χ2v) is 4.41. The average Bonchev–Trinajstić information content (AvgIpc) is 3.18. The first-order valence-corrected chi connectivity index (χ1v) is 6.47. The molecule has 6 nitrogen and oxygen atoms in total. The summed E-state index contributed by atoms with van der Waals surface area (Å²) in [4.78, 5) is 11.7. The van der Waals surface area contributed by atoms with Gasteiger partial charge in [0.1, 0.15) is 5.82 Å². The molecule has 3 rings (SSSR count). The zero-order chi connectivity index (χ0) is 15.4. The van der Waals surface area contributed by atoms with Gasteiger partial charge in [-0.3, -0.25) is 4.79 Å². The van der Waals surface area contributed by atoms with Crippen molar-refractivity contribution in [1.82, 2.24) is 10.2 Å². The SMILES string of the molecule is O=C(Cc1ccccc1F)OCc1nnc(-c2ccco2)o1. The maximum atomic E-state index is 13.4. The van der Waals surface area contributed by atoms with Crippen LogP contribution in [0, 0.1) is 5.82 Å². The van der Waals surface area contributed by atoms with E-state index in [1.807, 2.05) is 0 Å². The van der Waals surface area contributed by atoms with Crippen LogP contribution in [-0.4, -0.2) is 16.2 Å². The number of carbonyl (C=O) groups excluding carboxylic acids is 1. The molecule has 2 heterocycles. The summed E-state index contributed by atoms with van der Waals surface area (Å²) >= 11 is 0. The molecule has 3 aromatic rings. The number of carbonyl (C=O) groups is 1. The summed E-state index contributed by atoms with van der Waals surface area (Å²) in [6, 6.07) is 9.38. The van der Waals surface area contributed by atoms with Gasteiger partial charge in [0, 0.05) is 0 Å². The van der Waals surface area contributed by atoms with Crippen molar-refractivity contribution in [3.63, 3.8) is 0 Å². The van der Waals surface area contributed by atoms with E-state index in [0.717, 1.165) is 0 Å². The normalized spacial score (nSPS) is 10.6. The van der Waals surface area contributed by atoms with Crippen molar-refractivity contribution in [2.45, 2.75) is 13.0 Å². The number of rotatable bonds is 5. The van der Waals surface area contributed by atoms with Crippen LogP contribution in [0.5, 0.6) is 0 Å². The molecule has 7 heteroatoms. The molecule has 0 saturated heterocycles. The Morgan fingerprint density at radius 1 is 1.18 bits per heavy atom. The molecule has 22 heavy (non-hydrogen) atoms. The van der Waals surface area contributed by atoms with Crippen molar-refractivity contribution in [2.24, 2.45) is 0 Å². The summed E-state index contributed by atoms with van der Waals surface area (Å²) in [6.45, 7) is -0.180. The summed E-state index contributed by atoms with van der Waals surface area (Å²) < 4.78 is 28.8. The van der Waals surface area contributed by atoms with Crippen LogP contribution in [0.4, 0.5) is 4.39 Å². The van der Waals surface area contributed by atoms with E-state index in [0.29, 0.717) is 5.76 Å². The minimum Gasteiger partial charge on any atom is -0.459 e. The number of hydrogen-bond acceptors (Lipinski definition) is 6. The van der Waals surface area contributed by atoms with Crippen LogP contribution in [0.25, 0.3) is 11.7 Å². The molecule has 0 N–H and O–H groups in total. The standard InChI is InChI=1S/C15H11FN2O4/c16-11-5-2-1-4-10(11)8-14(19)21-9-13-17-18-15(22-13)12-6-3-7-20-12/h1-7H,8-9H2. The minimum absolute atomic E-state index is 0.133. The lowest BCUT2D eigenvalue weighted by Gasteiger charge is -2.03. The summed E-state index contributed by atoms with van der Waals surface area (Å²) in [5, 5.41) is 7.51. The van der Waals surface area contributed by atoms with Crippen LogP contribution in [0.1, 0.15) is 11.5 Å².